The number of aryl methyl sites for hydroxylation is 3. The topological polar surface area (TPSA) is 77.6 Å². The molecule has 1 N–H and O–H groups in total. The van der Waals surface area contributed by atoms with Gasteiger partial charge in [0.05, 0.1) is 12.2 Å². The standard InChI is InChI=1S/C13H20N6O/c1-4-11(13-14-9-16-18(13)3)17-12(20)5-6-19-8-10(2)7-15-19/h7-9,11H,4-6H2,1-3H3,(H,17,20). The third kappa shape index (κ3) is 3.43. The monoisotopic (exact) mass is 276 g/mol. The average Bonchev–Trinajstić information content (AvgIpc) is 3.02. The zero-order valence-electron chi connectivity index (χ0n) is 12.1. The van der Waals surface area contributed by atoms with Gasteiger partial charge in [0.1, 0.15) is 12.2 Å². The van der Waals surface area contributed by atoms with Gasteiger partial charge in [-0.1, -0.05) is 6.92 Å². The first kappa shape index (κ1) is 14.2. The van der Waals surface area contributed by atoms with Crippen LogP contribution in [0.5, 0.6) is 0 Å². The van der Waals surface area contributed by atoms with Gasteiger partial charge in [-0.3, -0.25) is 14.2 Å². The lowest BCUT2D eigenvalue weighted by Gasteiger charge is -2.16. The first-order valence-electron chi connectivity index (χ1n) is 6.72. The van der Waals surface area contributed by atoms with E-state index < -0.39 is 0 Å². The molecule has 0 aliphatic carbocycles. The summed E-state index contributed by atoms with van der Waals surface area (Å²) in [7, 11) is 1.82. The van der Waals surface area contributed by atoms with Gasteiger partial charge in [-0.2, -0.15) is 10.2 Å². The molecule has 7 nitrogen and oxygen atoms in total. The summed E-state index contributed by atoms with van der Waals surface area (Å²) in [6.45, 7) is 4.57. The van der Waals surface area contributed by atoms with Crippen LogP contribution in [0.4, 0.5) is 0 Å². The maximum Gasteiger partial charge on any atom is 0.222 e. The summed E-state index contributed by atoms with van der Waals surface area (Å²) in [4.78, 5) is 16.2. The fourth-order valence-electron chi connectivity index (χ4n) is 2.04. The quantitative estimate of drug-likeness (QED) is 0.853. The molecule has 1 amide bonds. The van der Waals surface area contributed by atoms with Gasteiger partial charge in [0.15, 0.2) is 0 Å². The molecule has 1 atom stereocenters. The van der Waals surface area contributed by atoms with Crippen LogP contribution in [0.25, 0.3) is 0 Å². The van der Waals surface area contributed by atoms with E-state index in [1.807, 2.05) is 27.1 Å². The van der Waals surface area contributed by atoms with Crippen LogP contribution in [0.1, 0.15) is 37.2 Å². The van der Waals surface area contributed by atoms with Crippen molar-refractivity contribution in [1.29, 1.82) is 0 Å². The Bertz CT molecular complexity index is 573. The fourth-order valence-corrected chi connectivity index (χ4v) is 2.04. The largest absolute Gasteiger partial charge is 0.346 e. The molecular formula is C13H20N6O. The first-order chi connectivity index (χ1) is 9.60. The van der Waals surface area contributed by atoms with Gasteiger partial charge < -0.3 is 5.32 Å². The number of nitrogens with zero attached hydrogens (tertiary/aromatic N) is 5. The Morgan fingerprint density at radius 2 is 2.25 bits per heavy atom. The summed E-state index contributed by atoms with van der Waals surface area (Å²) in [5, 5.41) is 11.2. The lowest BCUT2D eigenvalue weighted by Crippen LogP contribution is -2.30. The molecular weight excluding hydrogens is 256 g/mol. The summed E-state index contributed by atoms with van der Waals surface area (Å²) >= 11 is 0. The molecule has 1 unspecified atom stereocenters. The molecule has 0 fully saturated rings. The minimum absolute atomic E-state index is 0.00648. The van der Waals surface area contributed by atoms with E-state index in [0.717, 1.165) is 17.8 Å². The number of nitrogens with one attached hydrogen (secondary N) is 1. The Morgan fingerprint density at radius 1 is 1.45 bits per heavy atom. The van der Waals surface area contributed by atoms with Crippen LogP contribution in [0.15, 0.2) is 18.7 Å². The van der Waals surface area contributed by atoms with Gasteiger partial charge >= 0.3 is 0 Å². The number of carbonyl (C=O) groups excluding carboxylic acids is 1. The fraction of sp³-hybridized carbons (Fsp3) is 0.538. The Morgan fingerprint density at radius 3 is 2.80 bits per heavy atom. The van der Waals surface area contributed by atoms with E-state index >= 15 is 0 Å². The zero-order chi connectivity index (χ0) is 14.5. The molecule has 0 aliphatic heterocycles. The molecule has 2 aromatic heterocycles. The molecule has 2 heterocycles. The predicted octanol–water partition coefficient (Wildman–Crippen LogP) is 0.978. The smallest absolute Gasteiger partial charge is 0.222 e. The van der Waals surface area contributed by atoms with Crippen LogP contribution >= 0.6 is 0 Å². The maximum atomic E-state index is 12.0. The van der Waals surface area contributed by atoms with Crippen molar-refractivity contribution in [3.63, 3.8) is 0 Å². The van der Waals surface area contributed by atoms with Crippen molar-refractivity contribution in [3.05, 3.63) is 30.1 Å². The number of carbonyl (C=O) groups is 1. The van der Waals surface area contributed by atoms with E-state index in [0.29, 0.717) is 13.0 Å². The van der Waals surface area contributed by atoms with E-state index in [2.05, 4.69) is 20.5 Å². The molecule has 20 heavy (non-hydrogen) atoms. The van der Waals surface area contributed by atoms with Crippen molar-refractivity contribution < 1.29 is 4.79 Å². The number of hydrogen-bond donors (Lipinski definition) is 1. The van der Waals surface area contributed by atoms with Gasteiger partial charge in [0.25, 0.3) is 0 Å². The molecule has 7 heteroatoms. The summed E-state index contributed by atoms with van der Waals surface area (Å²) in [6, 6.07) is -0.102. The molecule has 0 saturated heterocycles. The van der Waals surface area contributed by atoms with E-state index in [1.165, 1.54) is 6.33 Å². The molecule has 0 spiro atoms. The molecule has 2 aromatic rings. The van der Waals surface area contributed by atoms with Crippen LogP contribution < -0.4 is 5.32 Å². The third-order valence-corrected chi connectivity index (χ3v) is 3.13. The van der Waals surface area contributed by atoms with Gasteiger partial charge in [-0.25, -0.2) is 4.98 Å². The first-order valence-corrected chi connectivity index (χ1v) is 6.72. The van der Waals surface area contributed by atoms with Gasteiger partial charge in [-0.15, -0.1) is 0 Å². The summed E-state index contributed by atoms with van der Waals surface area (Å²) in [5.74, 6) is 0.767. The van der Waals surface area contributed by atoms with Crippen LogP contribution in [0, 0.1) is 6.92 Å². The molecule has 0 radical (unpaired) electrons. The summed E-state index contributed by atoms with van der Waals surface area (Å²) < 4.78 is 3.46. The molecule has 2 rings (SSSR count). The van der Waals surface area contributed by atoms with Crippen LogP contribution in [-0.2, 0) is 18.4 Å². The van der Waals surface area contributed by atoms with Crippen LogP contribution in [0.3, 0.4) is 0 Å². The van der Waals surface area contributed by atoms with Gasteiger partial charge in [0.2, 0.25) is 5.91 Å². The van der Waals surface area contributed by atoms with Crippen LogP contribution in [-0.4, -0.2) is 30.5 Å². The number of rotatable bonds is 6. The summed E-state index contributed by atoms with van der Waals surface area (Å²) in [5.41, 5.74) is 1.09. The van der Waals surface area contributed by atoms with Gasteiger partial charge in [-0.05, 0) is 18.9 Å². The van der Waals surface area contributed by atoms with Gasteiger partial charge in [0, 0.05) is 26.2 Å². The lowest BCUT2D eigenvalue weighted by molar-refractivity contribution is -0.122. The minimum atomic E-state index is -0.102. The van der Waals surface area contributed by atoms with Crippen LogP contribution in [0.2, 0.25) is 0 Å². The predicted molar refractivity (Wildman–Crippen MR) is 73.8 cm³/mol. The number of hydrogen-bond acceptors (Lipinski definition) is 4. The highest BCUT2D eigenvalue weighted by atomic mass is 16.1. The second-order valence-corrected chi connectivity index (χ2v) is 4.80. The Kier molecular flexibility index (Phi) is 4.49. The summed E-state index contributed by atoms with van der Waals surface area (Å²) in [6.07, 6.45) is 6.38. The molecule has 108 valence electrons. The molecule has 0 aliphatic rings. The van der Waals surface area contributed by atoms with Crippen molar-refractivity contribution in [2.75, 3.05) is 0 Å². The number of amides is 1. The average molecular weight is 276 g/mol. The zero-order valence-corrected chi connectivity index (χ0v) is 12.1. The molecule has 0 saturated carbocycles. The SMILES string of the molecule is CCC(NC(=O)CCn1cc(C)cn1)c1ncnn1C. The van der Waals surface area contributed by atoms with E-state index in [4.69, 9.17) is 0 Å². The van der Waals surface area contributed by atoms with Crippen molar-refractivity contribution in [1.82, 2.24) is 29.9 Å². The van der Waals surface area contributed by atoms with Crippen molar-refractivity contribution in [2.24, 2.45) is 7.05 Å². The minimum Gasteiger partial charge on any atom is -0.346 e. The highest BCUT2D eigenvalue weighted by Gasteiger charge is 2.17. The van der Waals surface area contributed by atoms with Crippen molar-refractivity contribution in [3.8, 4) is 0 Å². The normalized spacial score (nSPS) is 12.3. The Hall–Kier alpha value is -2.18. The van der Waals surface area contributed by atoms with E-state index in [1.54, 1.807) is 15.6 Å². The lowest BCUT2D eigenvalue weighted by atomic mass is 10.2. The van der Waals surface area contributed by atoms with Crippen molar-refractivity contribution >= 4 is 5.91 Å². The molecule has 0 aromatic carbocycles. The molecule has 0 bridgehead atoms. The maximum absolute atomic E-state index is 12.0. The Labute approximate surface area is 118 Å². The third-order valence-electron chi connectivity index (χ3n) is 3.13. The van der Waals surface area contributed by atoms with E-state index in [-0.39, 0.29) is 11.9 Å². The highest BCUT2D eigenvalue weighted by Crippen LogP contribution is 2.12. The number of aromatic nitrogens is 5. The highest BCUT2D eigenvalue weighted by molar-refractivity contribution is 5.76. The second kappa shape index (κ2) is 6.31. The second-order valence-electron chi connectivity index (χ2n) is 4.80. The Balaban J connectivity index is 1.88. The van der Waals surface area contributed by atoms with Crippen molar-refractivity contribution in [2.45, 2.75) is 39.3 Å². The van der Waals surface area contributed by atoms with E-state index in [9.17, 15) is 4.79 Å².